The number of halogens is 1. The fourth-order valence-corrected chi connectivity index (χ4v) is 3.40. The predicted octanol–water partition coefficient (Wildman–Crippen LogP) is 2.76. The van der Waals surface area contributed by atoms with Crippen LogP contribution in [-0.4, -0.2) is 17.5 Å². The van der Waals surface area contributed by atoms with E-state index in [-0.39, 0.29) is 29.9 Å². The molecule has 106 valence electrons. The van der Waals surface area contributed by atoms with Crippen LogP contribution < -0.4 is 11.1 Å². The van der Waals surface area contributed by atoms with E-state index in [9.17, 15) is 4.79 Å². The smallest absolute Gasteiger partial charge is 0.220 e. The number of carbonyl (C=O) groups is 1. The lowest BCUT2D eigenvalue weighted by molar-refractivity contribution is -0.124. The molecule has 2 atom stereocenters. The van der Waals surface area contributed by atoms with Crippen molar-refractivity contribution in [3.8, 4) is 0 Å². The maximum atomic E-state index is 12.1. The van der Waals surface area contributed by atoms with Crippen LogP contribution in [0.1, 0.15) is 64.7 Å². The summed E-state index contributed by atoms with van der Waals surface area (Å²) in [6.07, 6.45) is 10.1. The summed E-state index contributed by atoms with van der Waals surface area (Å²) in [5.74, 6) is 0.638. The van der Waals surface area contributed by atoms with Gasteiger partial charge in [0, 0.05) is 18.0 Å². The summed E-state index contributed by atoms with van der Waals surface area (Å²) in [5, 5.41) is 3.25. The number of nitrogens with one attached hydrogen (secondary N) is 1. The molecule has 0 heterocycles. The Balaban J connectivity index is 0.00000162. The third kappa shape index (κ3) is 4.13. The maximum absolute atomic E-state index is 12.1. The van der Waals surface area contributed by atoms with E-state index >= 15 is 0 Å². The van der Waals surface area contributed by atoms with E-state index in [0.29, 0.717) is 12.3 Å². The molecule has 3 nitrogen and oxygen atoms in total. The SMILES string of the molecule is CC1(NC(=O)C[C@@H]2CCC[C@H]2N)CCCCC1.Cl. The minimum atomic E-state index is 0. The molecule has 18 heavy (non-hydrogen) atoms. The summed E-state index contributed by atoms with van der Waals surface area (Å²) in [5.41, 5.74) is 6.07. The summed E-state index contributed by atoms with van der Waals surface area (Å²) in [6.45, 7) is 2.19. The van der Waals surface area contributed by atoms with Gasteiger partial charge in [-0.1, -0.05) is 25.7 Å². The number of carbonyl (C=O) groups excluding carboxylic acids is 1. The van der Waals surface area contributed by atoms with Crippen molar-refractivity contribution in [2.75, 3.05) is 0 Å². The first-order chi connectivity index (χ1) is 8.09. The third-order valence-electron chi connectivity index (χ3n) is 4.56. The quantitative estimate of drug-likeness (QED) is 0.831. The van der Waals surface area contributed by atoms with Crippen LogP contribution in [0, 0.1) is 5.92 Å². The lowest BCUT2D eigenvalue weighted by Crippen LogP contribution is -2.48. The summed E-state index contributed by atoms with van der Waals surface area (Å²) in [4.78, 5) is 12.1. The molecule has 0 unspecified atom stereocenters. The molecule has 0 bridgehead atoms. The van der Waals surface area contributed by atoms with Gasteiger partial charge >= 0.3 is 0 Å². The van der Waals surface area contributed by atoms with Gasteiger partial charge in [0.1, 0.15) is 0 Å². The monoisotopic (exact) mass is 274 g/mol. The average Bonchev–Trinajstić information content (AvgIpc) is 2.64. The molecule has 0 aromatic carbocycles. The predicted molar refractivity (Wildman–Crippen MR) is 76.8 cm³/mol. The highest BCUT2D eigenvalue weighted by molar-refractivity contribution is 5.85. The second-order valence-electron chi connectivity index (χ2n) is 6.23. The third-order valence-corrected chi connectivity index (χ3v) is 4.56. The molecule has 0 spiro atoms. The number of nitrogens with two attached hydrogens (primary N) is 1. The van der Waals surface area contributed by atoms with Crippen LogP contribution in [0.5, 0.6) is 0 Å². The van der Waals surface area contributed by atoms with E-state index in [0.717, 1.165) is 25.7 Å². The van der Waals surface area contributed by atoms with Gasteiger partial charge in [-0.2, -0.15) is 0 Å². The van der Waals surface area contributed by atoms with Crippen LogP contribution >= 0.6 is 12.4 Å². The van der Waals surface area contributed by atoms with E-state index in [1.165, 1.54) is 25.7 Å². The van der Waals surface area contributed by atoms with Gasteiger partial charge in [-0.25, -0.2) is 0 Å². The Bertz CT molecular complexity index is 277. The van der Waals surface area contributed by atoms with E-state index in [1.807, 2.05) is 0 Å². The highest BCUT2D eigenvalue weighted by Gasteiger charge is 2.31. The van der Waals surface area contributed by atoms with Crippen molar-refractivity contribution in [1.29, 1.82) is 0 Å². The first kappa shape index (κ1) is 15.8. The molecule has 4 heteroatoms. The zero-order valence-electron chi connectivity index (χ0n) is 11.4. The summed E-state index contributed by atoms with van der Waals surface area (Å²) < 4.78 is 0. The Morgan fingerprint density at radius 3 is 2.44 bits per heavy atom. The largest absolute Gasteiger partial charge is 0.351 e. The van der Waals surface area contributed by atoms with Gasteiger partial charge in [-0.3, -0.25) is 4.79 Å². The van der Waals surface area contributed by atoms with E-state index in [1.54, 1.807) is 0 Å². The summed E-state index contributed by atoms with van der Waals surface area (Å²) in [7, 11) is 0. The molecule has 1 amide bonds. The summed E-state index contributed by atoms with van der Waals surface area (Å²) >= 11 is 0. The molecule has 0 saturated heterocycles. The molecular formula is C14H27ClN2O. The van der Waals surface area contributed by atoms with Crippen LogP contribution in [0.15, 0.2) is 0 Å². The van der Waals surface area contributed by atoms with Gasteiger partial charge in [-0.05, 0) is 38.5 Å². The molecule has 0 radical (unpaired) electrons. The van der Waals surface area contributed by atoms with Gasteiger partial charge in [0.25, 0.3) is 0 Å². The van der Waals surface area contributed by atoms with Crippen LogP contribution in [0.4, 0.5) is 0 Å². The van der Waals surface area contributed by atoms with Crippen molar-refractivity contribution in [3.63, 3.8) is 0 Å². The molecule has 0 aromatic heterocycles. The van der Waals surface area contributed by atoms with Gasteiger partial charge in [0.2, 0.25) is 5.91 Å². The lowest BCUT2D eigenvalue weighted by atomic mass is 9.83. The van der Waals surface area contributed by atoms with Gasteiger partial charge in [0.15, 0.2) is 0 Å². The van der Waals surface area contributed by atoms with E-state index < -0.39 is 0 Å². The zero-order valence-corrected chi connectivity index (χ0v) is 12.2. The van der Waals surface area contributed by atoms with Crippen molar-refractivity contribution < 1.29 is 4.79 Å². The Kier molecular flexibility index (Phi) is 5.93. The fraction of sp³-hybridized carbons (Fsp3) is 0.929. The zero-order chi connectivity index (χ0) is 12.3. The van der Waals surface area contributed by atoms with Crippen molar-refractivity contribution in [2.45, 2.75) is 76.3 Å². The molecule has 2 fully saturated rings. The Morgan fingerprint density at radius 2 is 1.89 bits per heavy atom. The van der Waals surface area contributed by atoms with E-state index in [4.69, 9.17) is 5.73 Å². The first-order valence-corrected chi connectivity index (χ1v) is 7.16. The molecule has 2 saturated carbocycles. The molecule has 0 aliphatic heterocycles. The summed E-state index contributed by atoms with van der Waals surface area (Å²) in [6, 6.07) is 0.250. The van der Waals surface area contributed by atoms with Crippen LogP contribution in [0.2, 0.25) is 0 Å². The highest BCUT2D eigenvalue weighted by atomic mass is 35.5. The standard InChI is InChI=1S/C14H26N2O.ClH/c1-14(8-3-2-4-9-14)16-13(17)10-11-6-5-7-12(11)15;/h11-12H,2-10,15H2,1H3,(H,16,17);1H/t11-,12+;/m0./s1. The minimum Gasteiger partial charge on any atom is -0.351 e. The normalized spacial score (nSPS) is 30.6. The Hall–Kier alpha value is -0.280. The van der Waals surface area contributed by atoms with Crippen LogP contribution in [0.25, 0.3) is 0 Å². The Labute approximate surface area is 117 Å². The molecule has 2 aliphatic rings. The minimum absolute atomic E-state index is 0. The number of hydrogen-bond donors (Lipinski definition) is 2. The fourth-order valence-electron chi connectivity index (χ4n) is 3.40. The first-order valence-electron chi connectivity index (χ1n) is 7.16. The molecule has 0 aromatic rings. The van der Waals surface area contributed by atoms with Gasteiger partial charge in [-0.15, -0.1) is 12.4 Å². The van der Waals surface area contributed by atoms with E-state index in [2.05, 4.69) is 12.2 Å². The number of amides is 1. The molecule has 2 aliphatic carbocycles. The average molecular weight is 275 g/mol. The van der Waals surface area contributed by atoms with Crippen molar-refractivity contribution in [2.24, 2.45) is 11.7 Å². The van der Waals surface area contributed by atoms with Crippen LogP contribution in [-0.2, 0) is 4.79 Å². The van der Waals surface area contributed by atoms with Crippen molar-refractivity contribution in [1.82, 2.24) is 5.32 Å². The van der Waals surface area contributed by atoms with Gasteiger partial charge in [0.05, 0.1) is 0 Å². The Morgan fingerprint density at radius 1 is 1.22 bits per heavy atom. The second-order valence-corrected chi connectivity index (χ2v) is 6.23. The second kappa shape index (κ2) is 6.76. The highest BCUT2D eigenvalue weighted by Crippen LogP contribution is 2.30. The number of rotatable bonds is 3. The lowest BCUT2D eigenvalue weighted by Gasteiger charge is -2.35. The molecule has 2 rings (SSSR count). The maximum Gasteiger partial charge on any atom is 0.220 e. The van der Waals surface area contributed by atoms with Crippen molar-refractivity contribution >= 4 is 18.3 Å². The topological polar surface area (TPSA) is 55.1 Å². The van der Waals surface area contributed by atoms with Crippen LogP contribution in [0.3, 0.4) is 0 Å². The molecular weight excluding hydrogens is 248 g/mol. The molecule has 3 N–H and O–H groups in total. The number of hydrogen-bond acceptors (Lipinski definition) is 2. The van der Waals surface area contributed by atoms with Gasteiger partial charge < -0.3 is 11.1 Å². The van der Waals surface area contributed by atoms with Crippen molar-refractivity contribution in [3.05, 3.63) is 0 Å².